The third kappa shape index (κ3) is 3.21. The molecule has 2 N–H and O–H groups in total. The number of benzene rings is 1. The molecule has 0 radical (unpaired) electrons. The van der Waals surface area contributed by atoms with Crippen LogP contribution in [0.4, 0.5) is 8.78 Å². The minimum Gasteiger partial charge on any atom is -0.462 e. The van der Waals surface area contributed by atoms with Gasteiger partial charge in [-0.15, -0.1) is 0 Å². The van der Waals surface area contributed by atoms with Gasteiger partial charge < -0.3 is 14.9 Å². The van der Waals surface area contributed by atoms with Crippen LogP contribution < -0.4 is 0 Å². The van der Waals surface area contributed by atoms with E-state index in [1.54, 1.807) is 0 Å². The highest BCUT2D eigenvalue weighted by atomic mass is 19.1. The van der Waals surface area contributed by atoms with Crippen LogP contribution in [0.15, 0.2) is 18.2 Å². The summed E-state index contributed by atoms with van der Waals surface area (Å²) >= 11 is 0. The maximum absolute atomic E-state index is 13.4. The van der Waals surface area contributed by atoms with Gasteiger partial charge in [-0.1, -0.05) is 6.07 Å². The van der Waals surface area contributed by atoms with Gasteiger partial charge >= 0.3 is 5.97 Å². The average Bonchev–Trinajstić information content (AvgIpc) is 2.26. The van der Waals surface area contributed by atoms with Crippen molar-refractivity contribution in [3.8, 4) is 0 Å². The van der Waals surface area contributed by atoms with Gasteiger partial charge in [0.25, 0.3) is 0 Å². The van der Waals surface area contributed by atoms with E-state index in [0.29, 0.717) is 6.07 Å². The number of esters is 1. The zero-order valence-electron chi connectivity index (χ0n) is 9.11. The Morgan fingerprint density at radius 1 is 1.47 bits per heavy atom. The Bertz CT molecular complexity index is 422. The number of ether oxygens (including phenoxy) is 1. The number of rotatable bonds is 4. The van der Waals surface area contributed by atoms with E-state index < -0.39 is 36.4 Å². The van der Waals surface area contributed by atoms with Crippen molar-refractivity contribution in [2.75, 3.05) is 13.2 Å². The van der Waals surface area contributed by atoms with Crippen LogP contribution in [0.25, 0.3) is 0 Å². The minimum absolute atomic E-state index is 0.331. The second-order valence-corrected chi connectivity index (χ2v) is 3.59. The Morgan fingerprint density at radius 2 is 2.12 bits per heavy atom. The molecule has 0 saturated carbocycles. The average molecular weight is 246 g/mol. The summed E-state index contributed by atoms with van der Waals surface area (Å²) in [6.07, 6.45) is 0. The molecule has 0 bridgehead atoms. The molecule has 1 rings (SSSR count). The largest absolute Gasteiger partial charge is 0.462 e. The third-order valence-electron chi connectivity index (χ3n) is 2.21. The molecular formula is C11H12F2O4. The van der Waals surface area contributed by atoms with Gasteiger partial charge in [0.2, 0.25) is 0 Å². The fourth-order valence-electron chi connectivity index (χ4n) is 1.30. The third-order valence-corrected chi connectivity index (χ3v) is 2.21. The molecule has 1 aromatic carbocycles. The highest BCUT2D eigenvalue weighted by Crippen LogP contribution is 2.24. The molecule has 0 unspecified atom stereocenters. The van der Waals surface area contributed by atoms with Crippen LogP contribution in [0.1, 0.15) is 12.5 Å². The molecule has 6 heteroatoms. The molecule has 0 aliphatic rings. The molecule has 0 amide bonds. The summed E-state index contributed by atoms with van der Waals surface area (Å²) in [5, 5.41) is 19.0. The molecule has 94 valence electrons. The fraction of sp³-hybridized carbons (Fsp3) is 0.364. The van der Waals surface area contributed by atoms with Gasteiger partial charge in [-0.3, -0.25) is 4.79 Å². The van der Waals surface area contributed by atoms with Crippen molar-refractivity contribution in [1.29, 1.82) is 0 Å². The molecule has 1 atom stereocenters. The first kappa shape index (κ1) is 13.5. The quantitative estimate of drug-likeness (QED) is 0.768. The normalized spacial score (nSPS) is 14.2. The molecule has 4 nitrogen and oxygen atoms in total. The maximum atomic E-state index is 13.4. The molecule has 0 spiro atoms. The van der Waals surface area contributed by atoms with Gasteiger partial charge in [0, 0.05) is 18.6 Å². The number of hydrogen-bond donors (Lipinski definition) is 2. The zero-order valence-corrected chi connectivity index (χ0v) is 9.11. The maximum Gasteiger partial charge on any atom is 0.302 e. The lowest BCUT2D eigenvalue weighted by molar-refractivity contribution is -0.152. The standard InChI is InChI=1S/C11H12F2O4/c1-7(15)17-6-11(16,5-14)9-3-2-8(12)4-10(9)13/h2-4,14,16H,5-6H2,1H3/t11-/m1/s1. The Kier molecular flexibility index (Phi) is 4.14. The number of aliphatic hydroxyl groups excluding tert-OH is 1. The topological polar surface area (TPSA) is 66.8 Å². The Hall–Kier alpha value is -1.53. The van der Waals surface area contributed by atoms with Crippen LogP contribution >= 0.6 is 0 Å². The van der Waals surface area contributed by atoms with Gasteiger partial charge in [0.05, 0.1) is 6.61 Å². The number of halogens is 2. The van der Waals surface area contributed by atoms with Crippen molar-refractivity contribution in [2.24, 2.45) is 0 Å². The summed E-state index contributed by atoms with van der Waals surface area (Å²) in [4.78, 5) is 10.6. The number of aliphatic hydroxyl groups is 2. The van der Waals surface area contributed by atoms with Gasteiger partial charge in [0.1, 0.15) is 23.8 Å². The van der Waals surface area contributed by atoms with E-state index in [1.165, 1.54) is 0 Å². The van der Waals surface area contributed by atoms with Crippen LogP contribution in [0.3, 0.4) is 0 Å². The second-order valence-electron chi connectivity index (χ2n) is 3.59. The summed E-state index contributed by atoms with van der Waals surface area (Å²) in [6, 6.07) is 2.50. The van der Waals surface area contributed by atoms with Crippen molar-refractivity contribution in [2.45, 2.75) is 12.5 Å². The van der Waals surface area contributed by atoms with Crippen LogP contribution in [-0.4, -0.2) is 29.4 Å². The van der Waals surface area contributed by atoms with E-state index in [0.717, 1.165) is 19.1 Å². The van der Waals surface area contributed by atoms with Crippen LogP contribution in [0.5, 0.6) is 0 Å². The highest BCUT2D eigenvalue weighted by molar-refractivity contribution is 5.66. The number of hydrogen-bond acceptors (Lipinski definition) is 4. The van der Waals surface area contributed by atoms with Crippen molar-refractivity contribution in [3.05, 3.63) is 35.4 Å². The van der Waals surface area contributed by atoms with E-state index in [-0.39, 0.29) is 5.56 Å². The number of carbonyl (C=O) groups is 1. The lowest BCUT2D eigenvalue weighted by atomic mass is 9.95. The predicted octanol–water partition coefficient (Wildman–Crippen LogP) is 0.708. The SMILES string of the molecule is CC(=O)OC[C@](O)(CO)c1ccc(F)cc1F. The van der Waals surface area contributed by atoms with Crippen LogP contribution in [0.2, 0.25) is 0 Å². The Morgan fingerprint density at radius 3 is 2.59 bits per heavy atom. The van der Waals surface area contributed by atoms with E-state index in [9.17, 15) is 18.7 Å². The summed E-state index contributed by atoms with van der Waals surface area (Å²) < 4.78 is 30.6. The summed E-state index contributed by atoms with van der Waals surface area (Å²) in [5.74, 6) is -2.51. The predicted molar refractivity (Wildman–Crippen MR) is 54.0 cm³/mol. The van der Waals surface area contributed by atoms with Crippen molar-refractivity contribution in [1.82, 2.24) is 0 Å². The van der Waals surface area contributed by atoms with E-state index in [2.05, 4.69) is 4.74 Å². The lowest BCUT2D eigenvalue weighted by Crippen LogP contribution is -2.37. The molecule has 0 aliphatic heterocycles. The smallest absolute Gasteiger partial charge is 0.302 e. The molecular weight excluding hydrogens is 234 g/mol. The monoisotopic (exact) mass is 246 g/mol. The molecule has 0 heterocycles. The van der Waals surface area contributed by atoms with Gasteiger partial charge in [-0.2, -0.15) is 0 Å². The molecule has 17 heavy (non-hydrogen) atoms. The molecule has 0 saturated heterocycles. The first-order valence-corrected chi connectivity index (χ1v) is 4.81. The van der Waals surface area contributed by atoms with Crippen molar-refractivity contribution >= 4 is 5.97 Å². The number of carbonyl (C=O) groups excluding carboxylic acids is 1. The molecule has 1 aromatic rings. The van der Waals surface area contributed by atoms with Crippen LogP contribution in [0, 0.1) is 11.6 Å². The van der Waals surface area contributed by atoms with Gasteiger partial charge in [-0.05, 0) is 6.07 Å². The first-order chi connectivity index (χ1) is 7.89. The van der Waals surface area contributed by atoms with Gasteiger partial charge in [0.15, 0.2) is 0 Å². The van der Waals surface area contributed by atoms with Crippen molar-refractivity contribution in [3.63, 3.8) is 0 Å². The van der Waals surface area contributed by atoms with E-state index >= 15 is 0 Å². The minimum atomic E-state index is -2.08. The molecule has 0 fully saturated rings. The fourth-order valence-corrected chi connectivity index (χ4v) is 1.30. The zero-order chi connectivity index (χ0) is 13.1. The van der Waals surface area contributed by atoms with E-state index in [1.807, 2.05) is 0 Å². The highest BCUT2D eigenvalue weighted by Gasteiger charge is 2.33. The lowest BCUT2D eigenvalue weighted by Gasteiger charge is -2.26. The van der Waals surface area contributed by atoms with E-state index in [4.69, 9.17) is 5.11 Å². The molecule has 0 aromatic heterocycles. The second kappa shape index (κ2) is 5.20. The summed E-state index contributed by atoms with van der Waals surface area (Å²) in [5.41, 5.74) is -2.41. The van der Waals surface area contributed by atoms with Crippen molar-refractivity contribution < 1.29 is 28.5 Å². The first-order valence-electron chi connectivity index (χ1n) is 4.81. The Labute approximate surface area is 96.5 Å². The summed E-state index contributed by atoms with van der Waals surface area (Å²) in [7, 11) is 0. The summed E-state index contributed by atoms with van der Waals surface area (Å²) in [6.45, 7) is -0.358. The molecule has 0 aliphatic carbocycles. The van der Waals surface area contributed by atoms with Gasteiger partial charge in [-0.25, -0.2) is 8.78 Å². The Balaban J connectivity index is 3.02. The van der Waals surface area contributed by atoms with Crippen LogP contribution in [-0.2, 0) is 15.1 Å².